The number of piperazine rings is 1. The predicted molar refractivity (Wildman–Crippen MR) is 93.7 cm³/mol. The SMILES string of the molecule is CC1CCN(C(=O)CN2CCN(C(=O)c3ccc(F)cc3)CC2)CC1. The molecule has 1 aromatic carbocycles. The number of amides is 2. The number of carbonyl (C=O) groups excluding carboxylic acids is 2. The van der Waals surface area contributed by atoms with Crippen LogP contribution in [-0.2, 0) is 4.79 Å². The van der Waals surface area contributed by atoms with E-state index in [1.807, 2.05) is 4.90 Å². The van der Waals surface area contributed by atoms with Gasteiger partial charge in [0.1, 0.15) is 5.82 Å². The van der Waals surface area contributed by atoms with Crippen molar-refractivity contribution in [2.75, 3.05) is 45.8 Å². The molecule has 0 aromatic heterocycles. The van der Waals surface area contributed by atoms with Crippen LogP contribution in [0, 0.1) is 11.7 Å². The molecule has 2 amide bonds. The molecule has 3 rings (SSSR count). The van der Waals surface area contributed by atoms with E-state index in [0.29, 0.717) is 44.2 Å². The van der Waals surface area contributed by atoms with E-state index in [2.05, 4.69) is 11.8 Å². The highest BCUT2D eigenvalue weighted by atomic mass is 19.1. The molecule has 6 heteroatoms. The number of carbonyl (C=O) groups is 2. The maximum Gasteiger partial charge on any atom is 0.253 e. The van der Waals surface area contributed by atoms with Gasteiger partial charge in [0.05, 0.1) is 6.54 Å². The van der Waals surface area contributed by atoms with Crippen LogP contribution in [0.25, 0.3) is 0 Å². The molecule has 2 aliphatic rings. The molecule has 0 bridgehead atoms. The highest BCUT2D eigenvalue weighted by Gasteiger charge is 2.26. The van der Waals surface area contributed by atoms with Gasteiger partial charge in [0, 0.05) is 44.8 Å². The van der Waals surface area contributed by atoms with E-state index < -0.39 is 0 Å². The van der Waals surface area contributed by atoms with Crippen LogP contribution in [0.3, 0.4) is 0 Å². The summed E-state index contributed by atoms with van der Waals surface area (Å²) in [4.78, 5) is 30.7. The maximum atomic E-state index is 13.0. The Labute approximate surface area is 148 Å². The molecular formula is C19H26FN3O2. The van der Waals surface area contributed by atoms with Gasteiger partial charge in [-0.2, -0.15) is 0 Å². The first kappa shape index (κ1) is 17.9. The molecule has 0 saturated carbocycles. The summed E-state index contributed by atoms with van der Waals surface area (Å²) < 4.78 is 13.0. The van der Waals surface area contributed by atoms with Crippen molar-refractivity contribution in [1.29, 1.82) is 0 Å². The minimum absolute atomic E-state index is 0.0732. The average molecular weight is 347 g/mol. The second kappa shape index (κ2) is 7.95. The molecule has 136 valence electrons. The molecule has 2 saturated heterocycles. The molecule has 0 radical (unpaired) electrons. The van der Waals surface area contributed by atoms with Crippen molar-refractivity contribution in [3.63, 3.8) is 0 Å². The zero-order valence-corrected chi connectivity index (χ0v) is 14.8. The molecule has 5 nitrogen and oxygen atoms in total. The average Bonchev–Trinajstić information content (AvgIpc) is 2.63. The quantitative estimate of drug-likeness (QED) is 0.838. The Balaban J connectivity index is 1.46. The third kappa shape index (κ3) is 4.57. The summed E-state index contributed by atoms with van der Waals surface area (Å²) in [6.45, 7) is 6.99. The highest BCUT2D eigenvalue weighted by molar-refractivity contribution is 5.94. The molecule has 25 heavy (non-hydrogen) atoms. The standard InChI is InChI=1S/C19H26FN3O2/c1-15-6-8-22(9-7-15)18(24)14-21-10-12-23(13-11-21)19(25)16-2-4-17(20)5-3-16/h2-5,15H,6-14H2,1H3. The summed E-state index contributed by atoms with van der Waals surface area (Å²) in [7, 11) is 0. The third-order valence-corrected chi connectivity index (χ3v) is 5.25. The van der Waals surface area contributed by atoms with Crippen LogP contribution < -0.4 is 0 Å². The van der Waals surface area contributed by atoms with Crippen molar-refractivity contribution in [2.24, 2.45) is 5.92 Å². The zero-order chi connectivity index (χ0) is 17.8. The van der Waals surface area contributed by atoms with Gasteiger partial charge in [0.15, 0.2) is 0 Å². The molecule has 0 unspecified atom stereocenters. The Morgan fingerprint density at radius 1 is 0.960 bits per heavy atom. The van der Waals surface area contributed by atoms with Crippen LogP contribution in [0.5, 0.6) is 0 Å². The fraction of sp³-hybridized carbons (Fsp3) is 0.579. The number of hydrogen-bond acceptors (Lipinski definition) is 3. The van der Waals surface area contributed by atoms with Gasteiger partial charge in [-0.3, -0.25) is 14.5 Å². The van der Waals surface area contributed by atoms with Gasteiger partial charge in [-0.25, -0.2) is 4.39 Å². The minimum Gasteiger partial charge on any atom is -0.342 e. The van der Waals surface area contributed by atoms with E-state index in [1.165, 1.54) is 24.3 Å². The van der Waals surface area contributed by atoms with Crippen LogP contribution in [0.15, 0.2) is 24.3 Å². The molecule has 0 spiro atoms. The number of halogens is 1. The summed E-state index contributed by atoms with van der Waals surface area (Å²) in [5, 5.41) is 0. The fourth-order valence-corrected chi connectivity index (χ4v) is 3.43. The van der Waals surface area contributed by atoms with E-state index in [4.69, 9.17) is 0 Å². The first-order valence-corrected chi connectivity index (χ1v) is 9.08. The van der Waals surface area contributed by atoms with Crippen molar-refractivity contribution >= 4 is 11.8 Å². The normalized spacial score (nSPS) is 19.9. The van der Waals surface area contributed by atoms with Gasteiger partial charge in [0.25, 0.3) is 5.91 Å². The van der Waals surface area contributed by atoms with Crippen LogP contribution in [-0.4, -0.2) is 72.3 Å². The lowest BCUT2D eigenvalue weighted by molar-refractivity contribution is -0.134. The Bertz CT molecular complexity index is 604. The van der Waals surface area contributed by atoms with Crippen LogP contribution in [0.4, 0.5) is 4.39 Å². The van der Waals surface area contributed by atoms with Gasteiger partial charge in [-0.1, -0.05) is 6.92 Å². The minimum atomic E-state index is -0.341. The van der Waals surface area contributed by atoms with E-state index in [-0.39, 0.29) is 17.6 Å². The second-order valence-electron chi connectivity index (χ2n) is 7.14. The molecule has 1 aromatic rings. The maximum absolute atomic E-state index is 13.0. The van der Waals surface area contributed by atoms with Gasteiger partial charge in [0.2, 0.25) is 5.91 Å². The Morgan fingerprint density at radius 3 is 2.16 bits per heavy atom. The Hall–Kier alpha value is -1.95. The summed E-state index contributed by atoms with van der Waals surface area (Å²) in [5.74, 6) is 0.498. The summed E-state index contributed by atoms with van der Waals surface area (Å²) in [5.41, 5.74) is 0.508. The smallest absolute Gasteiger partial charge is 0.253 e. The van der Waals surface area contributed by atoms with E-state index >= 15 is 0 Å². The number of benzene rings is 1. The molecule has 0 atom stereocenters. The lowest BCUT2D eigenvalue weighted by Crippen LogP contribution is -2.52. The lowest BCUT2D eigenvalue weighted by atomic mass is 9.99. The van der Waals surface area contributed by atoms with E-state index in [0.717, 1.165) is 25.9 Å². The van der Waals surface area contributed by atoms with Crippen LogP contribution >= 0.6 is 0 Å². The lowest BCUT2D eigenvalue weighted by Gasteiger charge is -2.36. The van der Waals surface area contributed by atoms with E-state index in [1.54, 1.807) is 4.90 Å². The number of nitrogens with zero attached hydrogens (tertiary/aromatic N) is 3. The van der Waals surface area contributed by atoms with Crippen molar-refractivity contribution in [1.82, 2.24) is 14.7 Å². The summed E-state index contributed by atoms with van der Waals surface area (Å²) >= 11 is 0. The number of rotatable bonds is 3. The number of piperidine rings is 1. The van der Waals surface area contributed by atoms with Crippen molar-refractivity contribution in [3.8, 4) is 0 Å². The van der Waals surface area contributed by atoms with Crippen molar-refractivity contribution in [2.45, 2.75) is 19.8 Å². The summed E-state index contributed by atoms with van der Waals surface area (Å²) in [6, 6.07) is 5.65. The molecular weight excluding hydrogens is 321 g/mol. The van der Waals surface area contributed by atoms with Gasteiger partial charge in [-0.15, -0.1) is 0 Å². The van der Waals surface area contributed by atoms with Gasteiger partial charge < -0.3 is 9.80 Å². The van der Waals surface area contributed by atoms with Crippen LogP contribution in [0.1, 0.15) is 30.1 Å². The van der Waals surface area contributed by atoms with Crippen LogP contribution in [0.2, 0.25) is 0 Å². The summed E-state index contributed by atoms with van der Waals surface area (Å²) in [6.07, 6.45) is 2.18. The van der Waals surface area contributed by atoms with Crippen molar-refractivity contribution in [3.05, 3.63) is 35.6 Å². The molecule has 2 heterocycles. The Kier molecular flexibility index (Phi) is 5.68. The first-order chi connectivity index (χ1) is 12.0. The van der Waals surface area contributed by atoms with Gasteiger partial charge >= 0.3 is 0 Å². The number of hydrogen-bond donors (Lipinski definition) is 0. The number of likely N-dealkylation sites (tertiary alicyclic amines) is 1. The molecule has 2 aliphatic heterocycles. The topological polar surface area (TPSA) is 43.9 Å². The highest BCUT2D eigenvalue weighted by Crippen LogP contribution is 2.16. The first-order valence-electron chi connectivity index (χ1n) is 9.08. The van der Waals surface area contributed by atoms with E-state index in [9.17, 15) is 14.0 Å². The second-order valence-corrected chi connectivity index (χ2v) is 7.14. The fourth-order valence-electron chi connectivity index (χ4n) is 3.43. The molecule has 0 aliphatic carbocycles. The van der Waals surface area contributed by atoms with Gasteiger partial charge in [-0.05, 0) is 43.0 Å². The largest absolute Gasteiger partial charge is 0.342 e. The zero-order valence-electron chi connectivity index (χ0n) is 14.8. The third-order valence-electron chi connectivity index (χ3n) is 5.25. The molecule has 2 fully saturated rings. The van der Waals surface area contributed by atoms with Crippen molar-refractivity contribution < 1.29 is 14.0 Å². The monoisotopic (exact) mass is 347 g/mol. The predicted octanol–water partition coefficient (Wildman–Crippen LogP) is 1.84. The Morgan fingerprint density at radius 2 is 1.56 bits per heavy atom. The molecule has 0 N–H and O–H groups in total.